The summed E-state index contributed by atoms with van der Waals surface area (Å²) in [5.74, 6) is 2.49. The number of fused-ring (bicyclic) bond motifs is 1. The van der Waals surface area contributed by atoms with Crippen LogP contribution in [0.4, 0.5) is 0 Å². The average molecular weight is 400 g/mol. The second kappa shape index (κ2) is 8.02. The molecule has 0 unspecified atom stereocenters. The molecule has 2 aliphatic carbocycles. The lowest BCUT2D eigenvalue weighted by Crippen LogP contribution is -2.60. The highest BCUT2D eigenvalue weighted by atomic mass is 16.5. The molecule has 1 aliphatic heterocycles. The van der Waals surface area contributed by atoms with Crippen LogP contribution in [0.1, 0.15) is 50.2 Å². The second-order valence-electron chi connectivity index (χ2n) is 8.71. The summed E-state index contributed by atoms with van der Waals surface area (Å²) in [7, 11) is 5.50. The minimum absolute atomic E-state index is 0.0969. The van der Waals surface area contributed by atoms with Gasteiger partial charge >= 0.3 is 0 Å². The molecule has 0 amide bonds. The van der Waals surface area contributed by atoms with Gasteiger partial charge in [0.15, 0.2) is 23.0 Å². The highest BCUT2D eigenvalue weighted by molar-refractivity contribution is 5.96. The standard InChI is InChI=1S/C24H33NO4/c1-5-6-7-12-29-23-20(27-3)9-8-16-13-18-17-14-21(28-4)19(26)15-24(17,22(16)23)10-11-25(18)2/h8-9,14,17-18H,5-7,10-13,15H2,1-4H3/t17-,18+,24-/m1/s1. The van der Waals surface area contributed by atoms with E-state index < -0.39 is 0 Å². The van der Waals surface area contributed by atoms with E-state index >= 15 is 0 Å². The lowest BCUT2D eigenvalue weighted by molar-refractivity contribution is -0.122. The number of methoxy groups -OCH3 is 2. The van der Waals surface area contributed by atoms with Crippen molar-refractivity contribution in [2.24, 2.45) is 5.92 Å². The van der Waals surface area contributed by atoms with Gasteiger partial charge in [0, 0.05) is 29.4 Å². The van der Waals surface area contributed by atoms with Crippen molar-refractivity contribution in [3.63, 3.8) is 0 Å². The smallest absolute Gasteiger partial charge is 0.197 e. The first-order chi connectivity index (χ1) is 14.1. The number of benzene rings is 1. The SMILES string of the molecule is CCCCCOc1c(OC)ccc2c1[C@@]13CCN(C)[C@@H](C2)[C@H]1C=C(OC)C(=O)C3. The summed E-state index contributed by atoms with van der Waals surface area (Å²) in [6.07, 6.45) is 7.80. The average Bonchev–Trinajstić information content (AvgIpc) is 2.72. The van der Waals surface area contributed by atoms with E-state index in [1.807, 2.05) is 6.07 Å². The first kappa shape index (κ1) is 20.3. The van der Waals surface area contributed by atoms with E-state index in [1.165, 1.54) is 11.1 Å². The van der Waals surface area contributed by atoms with Crippen molar-refractivity contribution in [2.45, 2.75) is 56.9 Å². The van der Waals surface area contributed by atoms with E-state index in [0.717, 1.165) is 50.1 Å². The van der Waals surface area contributed by atoms with Crippen LogP contribution in [0.2, 0.25) is 0 Å². The molecule has 0 radical (unpaired) electrons. The Bertz CT molecular complexity index is 817. The van der Waals surface area contributed by atoms with E-state index in [-0.39, 0.29) is 17.1 Å². The van der Waals surface area contributed by atoms with Gasteiger partial charge in [-0.2, -0.15) is 0 Å². The normalized spacial score (nSPS) is 28.3. The number of hydrogen-bond donors (Lipinski definition) is 0. The summed E-state index contributed by atoms with van der Waals surface area (Å²) in [6.45, 7) is 3.86. The number of hydrogen-bond acceptors (Lipinski definition) is 5. The maximum atomic E-state index is 13.0. The van der Waals surface area contributed by atoms with Crippen LogP contribution >= 0.6 is 0 Å². The third-order valence-corrected chi connectivity index (χ3v) is 7.18. The molecule has 0 N–H and O–H groups in total. The number of carbonyl (C=O) groups excluding carboxylic acids is 1. The van der Waals surface area contributed by atoms with E-state index in [1.54, 1.807) is 14.2 Å². The molecular weight excluding hydrogens is 366 g/mol. The van der Waals surface area contributed by atoms with Crippen molar-refractivity contribution in [3.05, 3.63) is 35.1 Å². The van der Waals surface area contributed by atoms with Crippen LogP contribution in [0.25, 0.3) is 0 Å². The molecule has 1 aromatic carbocycles. The number of unbranched alkanes of at least 4 members (excludes halogenated alkanes) is 2. The van der Waals surface area contributed by atoms with Crippen molar-refractivity contribution in [1.82, 2.24) is 4.90 Å². The molecule has 3 aliphatic rings. The Morgan fingerprint density at radius 2 is 2.03 bits per heavy atom. The monoisotopic (exact) mass is 399 g/mol. The van der Waals surface area contributed by atoms with Crippen molar-refractivity contribution in [2.75, 3.05) is 34.4 Å². The Balaban J connectivity index is 1.84. The molecule has 1 fully saturated rings. The zero-order chi connectivity index (χ0) is 20.6. The summed E-state index contributed by atoms with van der Waals surface area (Å²) in [5.41, 5.74) is 2.27. The fourth-order valence-electron chi connectivity index (χ4n) is 5.68. The van der Waals surface area contributed by atoms with Crippen LogP contribution in [-0.4, -0.2) is 51.1 Å². The molecule has 3 atom stereocenters. The number of Topliss-reactive ketones (excluding diaryl/α,β-unsaturated/α-hetero) is 1. The van der Waals surface area contributed by atoms with Crippen molar-refractivity contribution in [3.8, 4) is 11.5 Å². The Hall–Kier alpha value is -2.01. The van der Waals surface area contributed by atoms with Crippen LogP contribution in [0, 0.1) is 5.92 Å². The first-order valence-corrected chi connectivity index (χ1v) is 10.9. The lowest BCUT2D eigenvalue weighted by Gasteiger charge is -2.56. The molecule has 1 aromatic rings. The molecule has 5 nitrogen and oxygen atoms in total. The number of likely N-dealkylation sites (N-methyl/N-ethyl adjacent to an activating group) is 1. The Morgan fingerprint density at radius 3 is 2.76 bits per heavy atom. The van der Waals surface area contributed by atoms with E-state index in [9.17, 15) is 4.79 Å². The summed E-state index contributed by atoms with van der Waals surface area (Å²) in [4.78, 5) is 15.4. The molecule has 1 heterocycles. The van der Waals surface area contributed by atoms with Gasteiger partial charge in [-0.25, -0.2) is 0 Å². The van der Waals surface area contributed by atoms with Gasteiger partial charge in [0.2, 0.25) is 0 Å². The first-order valence-electron chi connectivity index (χ1n) is 10.9. The lowest BCUT2D eigenvalue weighted by atomic mass is 9.53. The minimum Gasteiger partial charge on any atom is -0.493 e. The third kappa shape index (κ3) is 3.24. The van der Waals surface area contributed by atoms with Gasteiger partial charge < -0.3 is 19.1 Å². The molecule has 158 valence electrons. The summed E-state index contributed by atoms with van der Waals surface area (Å²) < 4.78 is 17.5. The van der Waals surface area contributed by atoms with Gasteiger partial charge in [-0.3, -0.25) is 4.79 Å². The topological polar surface area (TPSA) is 48.0 Å². The third-order valence-electron chi connectivity index (χ3n) is 7.18. The van der Waals surface area contributed by atoms with Crippen molar-refractivity contribution < 1.29 is 19.0 Å². The summed E-state index contributed by atoms with van der Waals surface area (Å²) in [6, 6.07) is 4.58. The zero-order valence-electron chi connectivity index (χ0n) is 18.1. The maximum absolute atomic E-state index is 13.0. The number of rotatable bonds is 7. The predicted molar refractivity (Wildman–Crippen MR) is 113 cm³/mol. The van der Waals surface area contributed by atoms with Gasteiger partial charge in [-0.05, 0) is 50.6 Å². The predicted octanol–water partition coefficient (Wildman–Crippen LogP) is 3.88. The molecular formula is C24H33NO4. The van der Waals surface area contributed by atoms with E-state index in [4.69, 9.17) is 14.2 Å². The maximum Gasteiger partial charge on any atom is 0.197 e. The minimum atomic E-state index is -0.238. The van der Waals surface area contributed by atoms with Crippen LogP contribution < -0.4 is 9.47 Å². The highest BCUT2D eigenvalue weighted by Crippen LogP contribution is 2.58. The molecule has 1 saturated heterocycles. The molecule has 0 spiro atoms. The van der Waals surface area contributed by atoms with Gasteiger partial charge in [0.1, 0.15) is 0 Å². The summed E-state index contributed by atoms with van der Waals surface area (Å²) >= 11 is 0. The molecule has 2 bridgehead atoms. The van der Waals surface area contributed by atoms with E-state index in [0.29, 0.717) is 24.8 Å². The van der Waals surface area contributed by atoms with Gasteiger partial charge in [-0.15, -0.1) is 0 Å². The van der Waals surface area contributed by atoms with Crippen LogP contribution in [-0.2, 0) is 21.4 Å². The number of carbonyl (C=O) groups is 1. The van der Waals surface area contributed by atoms with E-state index in [2.05, 4.69) is 31.0 Å². The van der Waals surface area contributed by atoms with Crippen LogP contribution in [0.3, 0.4) is 0 Å². The number of ketones is 1. The van der Waals surface area contributed by atoms with Crippen LogP contribution in [0.5, 0.6) is 11.5 Å². The number of nitrogens with zero attached hydrogens (tertiary/aromatic N) is 1. The number of ether oxygens (including phenoxy) is 3. The molecule has 29 heavy (non-hydrogen) atoms. The molecule has 4 rings (SSSR count). The molecule has 0 saturated carbocycles. The Kier molecular flexibility index (Phi) is 5.60. The number of allylic oxidation sites excluding steroid dienone is 1. The highest BCUT2D eigenvalue weighted by Gasteiger charge is 2.56. The molecule has 0 aromatic heterocycles. The van der Waals surface area contributed by atoms with Crippen molar-refractivity contribution >= 4 is 5.78 Å². The van der Waals surface area contributed by atoms with Crippen LogP contribution in [0.15, 0.2) is 24.0 Å². The fourth-order valence-corrected chi connectivity index (χ4v) is 5.68. The Morgan fingerprint density at radius 1 is 1.21 bits per heavy atom. The van der Waals surface area contributed by atoms with Gasteiger partial charge in [-0.1, -0.05) is 25.8 Å². The van der Waals surface area contributed by atoms with Gasteiger partial charge in [0.25, 0.3) is 0 Å². The quantitative estimate of drug-likeness (QED) is 0.651. The summed E-state index contributed by atoms with van der Waals surface area (Å²) in [5, 5.41) is 0. The number of likely N-dealkylation sites (tertiary alicyclic amines) is 1. The molecule has 5 heteroatoms. The largest absolute Gasteiger partial charge is 0.493 e. The second-order valence-corrected chi connectivity index (χ2v) is 8.71. The van der Waals surface area contributed by atoms with Crippen molar-refractivity contribution in [1.29, 1.82) is 0 Å². The fraction of sp³-hybridized carbons (Fsp3) is 0.625. The van der Waals surface area contributed by atoms with Gasteiger partial charge in [0.05, 0.1) is 20.8 Å². The zero-order valence-corrected chi connectivity index (χ0v) is 18.1. The number of piperidine rings is 1. The Labute approximate surface area is 174 Å².